The zero-order valence-corrected chi connectivity index (χ0v) is 16.1. The van der Waals surface area contributed by atoms with Gasteiger partial charge >= 0.3 is 0 Å². The molecule has 0 saturated carbocycles. The Morgan fingerprint density at radius 2 is 1.68 bits per heavy atom. The smallest absolute Gasteiger partial charge is 0.228 e. The van der Waals surface area contributed by atoms with Crippen molar-refractivity contribution in [1.29, 1.82) is 0 Å². The number of benzene rings is 3. The van der Waals surface area contributed by atoms with Crippen LogP contribution < -0.4 is 0 Å². The fourth-order valence-corrected chi connectivity index (χ4v) is 3.35. The summed E-state index contributed by atoms with van der Waals surface area (Å²) in [7, 11) is 1.83. The van der Waals surface area contributed by atoms with E-state index in [-0.39, 0.29) is 12.3 Å². The van der Waals surface area contributed by atoms with Crippen molar-refractivity contribution in [3.63, 3.8) is 0 Å². The minimum absolute atomic E-state index is 0.0175. The van der Waals surface area contributed by atoms with Crippen molar-refractivity contribution in [2.75, 3.05) is 7.05 Å². The molecule has 1 aromatic heterocycles. The molecular formula is C24H22N2O2. The Morgan fingerprint density at radius 3 is 2.50 bits per heavy atom. The number of oxazole rings is 1. The van der Waals surface area contributed by atoms with E-state index in [2.05, 4.69) is 29.2 Å². The summed E-state index contributed by atoms with van der Waals surface area (Å²) in [5.41, 5.74) is 2.73. The van der Waals surface area contributed by atoms with Gasteiger partial charge in [-0.2, -0.15) is 0 Å². The highest BCUT2D eigenvalue weighted by atomic mass is 16.4. The first-order chi connectivity index (χ1) is 13.6. The van der Waals surface area contributed by atoms with Crippen molar-refractivity contribution < 1.29 is 9.21 Å². The van der Waals surface area contributed by atoms with E-state index in [0.717, 1.165) is 11.1 Å². The van der Waals surface area contributed by atoms with E-state index in [1.165, 1.54) is 10.8 Å². The van der Waals surface area contributed by atoms with E-state index < -0.39 is 0 Å². The quantitative estimate of drug-likeness (QED) is 0.496. The molecule has 140 valence electrons. The molecule has 28 heavy (non-hydrogen) atoms. The Labute approximate surface area is 164 Å². The van der Waals surface area contributed by atoms with E-state index in [1.54, 1.807) is 4.90 Å². The molecule has 4 nitrogen and oxygen atoms in total. The summed E-state index contributed by atoms with van der Waals surface area (Å²) in [6.45, 7) is 2.41. The Balaban J connectivity index is 1.50. The number of fused-ring (bicyclic) bond motifs is 1. The van der Waals surface area contributed by atoms with Gasteiger partial charge in [0, 0.05) is 19.2 Å². The summed E-state index contributed by atoms with van der Waals surface area (Å²) in [6.07, 6.45) is 0.226. The largest absolute Gasteiger partial charge is 0.441 e. The number of hydrogen-bond acceptors (Lipinski definition) is 3. The van der Waals surface area contributed by atoms with Gasteiger partial charge in [-0.25, -0.2) is 4.98 Å². The summed E-state index contributed by atoms with van der Waals surface area (Å²) in [5, 5.41) is 2.36. The fourth-order valence-electron chi connectivity index (χ4n) is 3.35. The van der Waals surface area contributed by atoms with Gasteiger partial charge < -0.3 is 9.32 Å². The van der Waals surface area contributed by atoms with E-state index in [0.29, 0.717) is 23.9 Å². The molecule has 0 N–H and O–H groups in total. The maximum atomic E-state index is 12.8. The second kappa shape index (κ2) is 7.69. The number of likely N-dealkylation sites (N-methyl/N-ethyl adjacent to an activating group) is 1. The van der Waals surface area contributed by atoms with Crippen LogP contribution in [0.1, 0.15) is 17.0 Å². The molecule has 0 aliphatic carbocycles. The lowest BCUT2D eigenvalue weighted by Gasteiger charge is -2.18. The third-order valence-electron chi connectivity index (χ3n) is 4.95. The molecule has 0 saturated heterocycles. The van der Waals surface area contributed by atoms with Gasteiger partial charge in [0.05, 0.1) is 12.1 Å². The van der Waals surface area contributed by atoms with Crippen LogP contribution in [0.5, 0.6) is 0 Å². The van der Waals surface area contributed by atoms with Gasteiger partial charge in [0.15, 0.2) is 0 Å². The van der Waals surface area contributed by atoms with Crippen LogP contribution >= 0.6 is 0 Å². The molecule has 1 heterocycles. The van der Waals surface area contributed by atoms with Crippen LogP contribution in [0.4, 0.5) is 0 Å². The predicted octanol–water partition coefficient (Wildman–Crippen LogP) is 5.00. The Morgan fingerprint density at radius 1 is 0.964 bits per heavy atom. The highest BCUT2D eigenvalue weighted by molar-refractivity contribution is 5.86. The predicted molar refractivity (Wildman–Crippen MR) is 111 cm³/mol. The van der Waals surface area contributed by atoms with Gasteiger partial charge in [0.2, 0.25) is 11.8 Å². The van der Waals surface area contributed by atoms with Crippen LogP contribution in [0.3, 0.4) is 0 Å². The Bertz CT molecular complexity index is 1110. The summed E-state index contributed by atoms with van der Waals surface area (Å²) in [4.78, 5) is 19.1. The van der Waals surface area contributed by atoms with Crippen LogP contribution in [0.2, 0.25) is 0 Å². The van der Waals surface area contributed by atoms with E-state index in [1.807, 2.05) is 62.5 Å². The maximum absolute atomic E-state index is 12.8. The fraction of sp³-hybridized carbons (Fsp3) is 0.167. The van der Waals surface area contributed by atoms with Crippen LogP contribution in [0, 0.1) is 6.92 Å². The van der Waals surface area contributed by atoms with Crippen molar-refractivity contribution in [3.8, 4) is 11.5 Å². The van der Waals surface area contributed by atoms with Crippen molar-refractivity contribution >= 4 is 16.7 Å². The molecule has 0 aliphatic heterocycles. The van der Waals surface area contributed by atoms with Crippen LogP contribution in [0.15, 0.2) is 77.2 Å². The molecule has 0 bridgehead atoms. The minimum Gasteiger partial charge on any atom is -0.441 e. The molecule has 4 aromatic rings. The average Bonchev–Trinajstić information content (AvgIpc) is 3.09. The number of aryl methyl sites for hydroxylation is 1. The topological polar surface area (TPSA) is 46.3 Å². The Kier molecular flexibility index (Phi) is 4.94. The van der Waals surface area contributed by atoms with E-state index >= 15 is 0 Å². The number of rotatable bonds is 5. The molecule has 3 aromatic carbocycles. The number of nitrogens with zero attached hydrogens (tertiary/aromatic N) is 2. The SMILES string of the molecule is Cc1oc(-c2ccccc2)nc1CC(=O)N(C)Cc1cccc2ccccc12. The van der Waals surface area contributed by atoms with Crippen molar-refractivity contribution in [3.05, 3.63) is 89.8 Å². The van der Waals surface area contributed by atoms with Crippen molar-refractivity contribution in [1.82, 2.24) is 9.88 Å². The number of carbonyl (C=O) groups excluding carboxylic acids is 1. The average molecular weight is 370 g/mol. The molecule has 0 spiro atoms. The summed E-state index contributed by atoms with van der Waals surface area (Å²) >= 11 is 0. The lowest BCUT2D eigenvalue weighted by Crippen LogP contribution is -2.28. The molecule has 1 amide bonds. The number of aromatic nitrogens is 1. The third-order valence-corrected chi connectivity index (χ3v) is 4.95. The standard InChI is InChI=1S/C24H22N2O2/c1-17-22(25-24(28-17)19-10-4-3-5-11-19)15-23(27)26(2)16-20-13-8-12-18-9-6-7-14-21(18)20/h3-14H,15-16H2,1-2H3. The second-order valence-electron chi connectivity index (χ2n) is 6.95. The highest BCUT2D eigenvalue weighted by Gasteiger charge is 2.17. The molecule has 4 rings (SSSR count). The van der Waals surface area contributed by atoms with Crippen LogP contribution in [-0.4, -0.2) is 22.8 Å². The first kappa shape index (κ1) is 18.0. The third kappa shape index (κ3) is 3.67. The number of carbonyl (C=O) groups is 1. The molecule has 4 heteroatoms. The Hall–Kier alpha value is -3.40. The summed E-state index contributed by atoms with van der Waals surface area (Å²) < 4.78 is 5.78. The zero-order valence-electron chi connectivity index (χ0n) is 16.1. The lowest BCUT2D eigenvalue weighted by atomic mass is 10.0. The summed E-state index contributed by atoms with van der Waals surface area (Å²) in [6, 6.07) is 24.2. The lowest BCUT2D eigenvalue weighted by molar-refractivity contribution is -0.129. The molecule has 0 unspecified atom stereocenters. The van der Waals surface area contributed by atoms with Crippen LogP contribution in [0.25, 0.3) is 22.2 Å². The van der Waals surface area contributed by atoms with E-state index in [9.17, 15) is 4.79 Å². The number of hydrogen-bond donors (Lipinski definition) is 0. The molecule has 0 radical (unpaired) electrons. The van der Waals surface area contributed by atoms with E-state index in [4.69, 9.17) is 4.42 Å². The zero-order chi connectivity index (χ0) is 19.5. The molecular weight excluding hydrogens is 348 g/mol. The van der Waals surface area contributed by atoms with Gasteiger partial charge in [-0.15, -0.1) is 0 Å². The summed E-state index contributed by atoms with van der Waals surface area (Å²) in [5.74, 6) is 1.26. The second-order valence-corrected chi connectivity index (χ2v) is 6.95. The van der Waals surface area contributed by atoms with Gasteiger partial charge in [0.25, 0.3) is 0 Å². The van der Waals surface area contributed by atoms with Gasteiger partial charge in [-0.05, 0) is 35.4 Å². The number of amides is 1. The minimum atomic E-state index is 0.0175. The van der Waals surface area contributed by atoms with Gasteiger partial charge in [-0.3, -0.25) is 4.79 Å². The molecule has 0 fully saturated rings. The first-order valence-electron chi connectivity index (χ1n) is 9.34. The maximum Gasteiger partial charge on any atom is 0.228 e. The normalized spacial score (nSPS) is 10.9. The molecule has 0 aliphatic rings. The van der Waals surface area contributed by atoms with Crippen LogP contribution in [-0.2, 0) is 17.8 Å². The highest BCUT2D eigenvalue weighted by Crippen LogP contribution is 2.23. The monoisotopic (exact) mass is 370 g/mol. The van der Waals surface area contributed by atoms with Gasteiger partial charge in [-0.1, -0.05) is 60.7 Å². The van der Waals surface area contributed by atoms with Crippen molar-refractivity contribution in [2.45, 2.75) is 19.9 Å². The van der Waals surface area contributed by atoms with Crippen molar-refractivity contribution in [2.24, 2.45) is 0 Å². The first-order valence-corrected chi connectivity index (χ1v) is 9.34. The van der Waals surface area contributed by atoms with Gasteiger partial charge in [0.1, 0.15) is 5.76 Å². The molecule has 0 atom stereocenters.